The van der Waals surface area contributed by atoms with E-state index >= 15 is 0 Å². The third-order valence-corrected chi connectivity index (χ3v) is 4.13. The van der Waals surface area contributed by atoms with Crippen molar-refractivity contribution >= 4 is 21.8 Å². The lowest BCUT2D eigenvalue weighted by Crippen LogP contribution is -2.46. The van der Waals surface area contributed by atoms with Crippen LogP contribution in [0.25, 0.3) is 0 Å². The number of hydrogen-bond donors (Lipinski definition) is 0. The Bertz CT molecular complexity index is 481. The number of carbonyl (C=O) groups excluding carboxylic acids is 1. The van der Waals surface area contributed by atoms with Gasteiger partial charge in [0.2, 0.25) is 0 Å². The van der Waals surface area contributed by atoms with Crippen LogP contribution in [0.5, 0.6) is 0 Å². The Labute approximate surface area is 120 Å². The predicted octanol–water partition coefficient (Wildman–Crippen LogP) is 3.09. The average Bonchev–Trinajstić information content (AvgIpc) is 2.38. The Morgan fingerprint density at radius 3 is 2.89 bits per heavy atom. The van der Waals surface area contributed by atoms with E-state index < -0.39 is 5.82 Å². The molecule has 0 spiro atoms. The number of rotatable bonds is 2. The molecule has 0 saturated carbocycles. The van der Waals surface area contributed by atoms with Crippen molar-refractivity contribution in [1.29, 1.82) is 0 Å². The summed E-state index contributed by atoms with van der Waals surface area (Å²) in [4.78, 5) is 14.0. The second-order valence-electron chi connectivity index (χ2n) is 4.92. The second-order valence-corrected chi connectivity index (χ2v) is 5.83. The minimum absolute atomic E-state index is 0.0243. The summed E-state index contributed by atoms with van der Waals surface area (Å²) in [5, 5.41) is 0. The van der Waals surface area contributed by atoms with Crippen molar-refractivity contribution in [3.63, 3.8) is 0 Å². The molecule has 2 unspecified atom stereocenters. The highest BCUT2D eigenvalue weighted by Crippen LogP contribution is 2.23. The van der Waals surface area contributed by atoms with Crippen molar-refractivity contribution in [1.82, 2.24) is 4.90 Å². The van der Waals surface area contributed by atoms with Crippen molar-refractivity contribution < 1.29 is 13.9 Å². The summed E-state index contributed by atoms with van der Waals surface area (Å²) in [7, 11) is 1.65. The summed E-state index contributed by atoms with van der Waals surface area (Å²) in [6.07, 6.45) is 0.902. The van der Waals surface area contributed by atoms with Crippen molar-refractivity contribution in [2.75, 3.05) is 20.2 Å². The molecule has 3 nitrogen and oxygen atoms in total. The van der Waals surface area contributed by atoms with Crippen LogP contribution in [-0.4, -0.2) is 37.1 Å². The van der Waals surface area contributed by atoms with Crippen molar-refractivity contribution in [3.8, 4) is 0 Å². The lowest BCUT2D eigenvalue weighted by atomic mass is 9.95. The second kappa shape index (κ2) is 6.01. The Hall–Kier alpha value is -0.940. The maximum Gasteiger partial charge on any atom is 0.256 e. The van der Waals surface area contributed by atoms with E-state index in [0.717, 1.165) is 6.42 Å². The van der Waals surface area contributed by atoms with Crippen molar-refractivity contribution in [2.24, 2.45) is 5.92 Å². The van der Waals surface area contributed by atoms with Gasteiger partial charge in [-0.2, -0.15) is 0 Å². The van der Waals surface area contributed by atoms with E-state index in [-0.39, 0.29) is 17.6 Å². The van der Waals surface area contributed by atoms with Crippen molar-refractivity contribution in [2.45, 2.75) is 19.4 Å². The van der Waals surface area contributed by atoms with Gasteiger partial charge in [-0.05, 0) is 30.5 Å². The molecule has 2 atom stereocenters. The van der Waals surface area contributed by atoms with Gasteiger partial charge in [0.1, 0.15) is 5.82 Å². The number of amides is 1. The smallest absolute Gasteiger partial charge is 0.256 e. The molecule has 0 N–H and O–H groups in total. The monoisotopic (exact) mass is 329 g/mol. The van der Waals surface area contributed by atoms with Gasteiger partial charge >= 0.3 is 0 Å². The Morgan fingerprint density at radius 1 is 1.53 bits per heavy atom. The van der Waals surface area contributed by atoms with Gasteiger partial charge in [0.15, 0.2) is 0 Å². The zero-order valence-corrected chi connectivity index (χ0v) is 12.6. The summed E-state index contributed by atoms with van der Waals surface area (Å²) in [5.74, 6) is -0.338. The first-order valence-electron chi connectivity index (χ1n) is 6.30. The largest absolute Gasteiger partial charge is 0.379 e. The molecule has 2 rings (SSSR count). The van der Waals surface area contributed by atoms with E-state index in [9.17, 15) is 9.18 Å². The maximum atomic E-state index is 13.8. The molecule has 1 saturated heterocycles. The highest BCUT2D eigenvalue weighted by molar-refractivity contribution is 9.10. The number of methoxy groups -OCH3 is 1. The lowest BCUT2D eigenvalue weighted by Gasteiger charge is -2.36. The molecular weight excluding hydrogens is 313 g/mol. The molecule has 0 radical (unpaired) electrons. The maximum absolute atomic E-state index is 13.8. The fraction of sp³-hybridized carbons (Fsp3) is 0.500. The Kier molecular flexibility index (Phi) is 4.58. The van der Waals surface area contributed by atoms with Gasteiger partial charge in [-0.15, -0.1) is 0 Å². The van der Waals surface area contributed by atoms with Gasteiger partial charge in [0.05, 0.1) is 11.7 Å². The number of hydrogen-bond acceptors (Lipinski definition) is 2. The molecule has 0 aliphatic carbocycles. The Balaban J connectivity index is 2.15. The van der Waals surface area contributed by atoms with E-state index in [1.165, 1.54) is 12.1 Å². The third-order valence-electron chi connectivity index (χ3n) is 3.64. The van der Waals surface area contributed by atoms with Crippen LogP contribution in [0.1, 0.15) is 23.7 Å². The van der Waals surface area contributed by atoms with Gasteiger partial charge in [0.25, 0.3) is 5.91 Å². The number of benzene rings is 1. The summed E-state index contributed by atoms with van der Waals surface area (Å²) in [6, 6.07) is 4.51. The Morgan fingerprint density at radius 2 is 2.26 bits per heavy atom. The van der Waals surface area contributed by atoms with Crippen LogP contribution in [0.3, 0.4) is 0 Å². The van der Waals surface area contributed by atoms with Crippen LogP contribution < -0.4 is 0 Å². The van der Waals surface area contributed by atoms with E-state index in [1.54, 1.807) is 18.1 Å². The fourth-order valence-corrected chi connectivity index (χ4v) is 2.69. The zero-order valence-electron chi connectivity index (χ0n) is 11.0. The number of carbonyl (C=O) groups is 1. The summed E-state index contributed by atoms with van der Waals surface area (Å²) in [6.45, 7) is 3.28. The molecule has 0 aromatic heterocycles. The van der Waals surface area contributed by atoms with Gasteiger partial charge in [-0.25, -0.2) is 4.39 Å². The first kappa shape index (κ1) is 14.5. The number of likely N-dealkylation sites (tertiary alicyclic amines) is 1. The molecule has 1 amide bonds. The van der Waals surface area contributed by atoms with Gasteiger partial charge < -0.3 is 9.64 Å². The number of halogens is 2. The molecule has 104 valence electrons. The van der Waals surface area contributed by atoms with Crippen molar-refractivity contribution in [3.05, 3.63) is 34.1 Å². The van der Waals surface area contributed by atoms with Gasteiger partial charge in [-0.3, -0.25) is 4.79 Å². The van der Waals surface area contributed by atoms with E-state index in [2.05, 4.69) is 22.9 Å². The molecule has 1 aromatic carbocycles. The van der Waals surface area contributed by atoms with Crippen LogP contribution in [0.4, 0.5) is 4.39 Å². The first-order valence-corrected chi connectivity index (χ1v) is 7.09. The molecule has 1 aromatic rings. The molecule has 19 heavy (non-hydrogen) atoms. The highest BCUT2D eigenvalue weighted by atomic mass is 79.9. The molecule has 5 heteroatoms. The highest BCUT2D eigenvalue weighted by Gasteiger charge is 2.30. The minimum atomic E-state index is -0.494. The SMILES string of the molecule is COC1CN(C(=O)c2ccc(Br)cc2F)CCC1C. The number of ether oxygens (including phenoxy) is 1. The standard InChI is InChI=1S/C14H17BrFNO2/c1-9-5-6-17(8-13(9)19-2)14(18)11-4-3-10(15)7-12(11)16/h3-4,7,9,13H,5-6,8H2,1-2H3. The van der Waals surface area contributed by atoms with E-state index in [1.807, 2.05) is 0 Å². The zero-order chi connectivity index (χ0) is 14.0. The topological polar surface area (TPSA) is 29.5 Å². The summed E-state index contributed by atoms with van der Waals surface area (Å²) >= 11 is 3.19. The predicted molar refractivity (Wildman–Crippen MR) is 74.6 cm³/mol. The van der Waals surface area contributed by atoms with Gasteiger partial charge in [0, 0.05) is 24.7 Å². The van der Waals surface area contributed by atoms with Gasteiger partial charge in [-0.1, -0.05) is 22.9 Å². The minimum Gasteiger partial charge on any atom is -0.379 e. The van der Waals surface area contributed by atoms with E-state index in [0.29, 0.717) is 23.5 Å². The molecule has 1 heterocycles. The first-order chi connectivity index (χ1) is 9.02. The third kappa shape index (κ3) is 3.15. The number of piperidine rings is 1. The fourth-order valence-electron chi connectivity index (χ4n) is 2.36. The molecular formula is C14H17BrFNO2. The van der Waals surface area contributed by atoms with Crippen LogP contribution in [-0.2, 0) is 4.74 Å². The number of nitrogens with zero attached hydrogens (tertiary/aromatic N) is 1. The summed E-state index contributed by atoms with van der Waals surface area (Å²) < 4.78 is 19.8. The van der Waals surface area contributed by atoms with Crippen LogP contribution >= 0.6 is 15.9 Å². The lowest BCUT2D eigenvalue weighted by molar-refractivity contribution is -0.00172. The quantitative estimate of drug-likeness (QED) is 0.834. The molecule has 0 bridgehead atoms. The van der Waals surface area contributed by atoms with E-state index in [4.69, 9.17) is 4.74 Å². The molecule has 1 fully saturated rings. The van der Waals surface area contributed by atoms with Crippen LogP contribution in [0.2, 0.25) is 0 Å². The molecule has 1 aliphatic heterocycles. The summed E-state index contributed by atoms with van der Waals surface area (Å²) in [5.41, 5.74) is 0.118. The van der Waals surface area contributed by atoms with Crippen LogP contribution in [0, 0.1) is 11.7 Å². The van der Waals surface area contributed by atoms with Crippen LogP contribution in [0.15, 0.2) is 22.7 Å². The normalized spacial score (nSPS) is 23.5. The average molecular weight is 330 g/mol. The molecule has 1 aliphatic rings.